The van der Waals surface area contributed by atoms with E-state index in [0.717, 1.165) is 6.08 Å². The van der Waals surface area contributed by atoms with Crippen LogP contribution in [0.2, 0.25) is 5.02 Å². The first-order valence-corrected chi connectivity index (χ1v) is 9.12. The highest BCUT2D eigenvalue weighted by molar-refractivity contribution is 7.71. The Morgan fingerprint density at radius 2 is 1.83 bits per heavy atom. The number of hydrogen-bond donors (Lipinski definition) is 3. The van der Waals surface area contributed by atoms with E-state index >= 15 is 0 Å². The van der Waals surface area contributed by atoms with Gasteiger partial charge >= 0.3 is 0 Å². The molecule has 9 heteroatoms. The van der Waals surface area contributed by atoms with Gasteiger partial charge in [-0.15, -0.1) is 0 Å². The minimum Gasteiger partial charge on any atom is -0.494 e. The topological polar surface area (TPSA) is 108 Å². The van der Waals surface area contributed by atoms with E-state index < -0.39 is 23.1 Å². The number of aromatic amines is 1. The van der Waals surface area contributed by atoms with Gasteiger partial charge in [0, 0.05) is 5.02 Å². The third-order valence-corrected chi connectivity index (χ3v) is 4.86. The Morgan fingerprint density at radius 1 is 1.14 bits per heavy atom. The zero-order chi connectivity index (χ0) is 20.7. The third kappa shape index (κ3) is 3.28. The molecule has 0 radical (unpaired) electrons. The van der Waals surface area contributed by atoms with Gasteiger partial charge in [0.25, 0.3) is 5.56 Å². The maximum Gasteiger partial charge on any atom is 0.262 e. The number of aromatic hydroxyl groups is 1. The summed E-state index contributed by atoms with van der Waals surface area (Å²) in [5.74, 6) is -1.13. The smallest absolute Gasteiger partial charge is 0.262 e. The predicted molar refractivity (Wildman–Crippen MR) is 111 cm³/mol. The second kappa shape index (κ2) is 7.16. The molecule has 29 heavy (non-hydrogen) atoms. The second-order valence-electron chi connectivity index (χ2n) is 6.12. The number of halogens is 1. The van der Waals surface area contributed by atoms with Crippen LogP contribution in [-0.2, 0) is 0 Å². The lowest BCUT2D eigenvalue weighted by Crippen LogP contribution is -2.25. The van der Waals surface area contributed by atoms with Crippen molar-refractivity contribution in [2.75, 3.05) is 0 Å². The molecule has 1 aliphatic rings. The number of ketones is 1. The number of carbonyl (C=O) groups excluding carboxylic acids is 1. The number of fused-ring (bicyclic) bond motifs is 1. The summed E-state index contributed by atoms with van der Waals surface area (Å²) in [6.07, 6.45) is 1.12. The van der Waals surface area contributed by atoms with Crippen molar-refractivity contribution in [2.24, 2.45) is 0 Å². The molecule has 1 aromatic heterocycles. The van der Waals surface area contributed by atoms with E-state index in [4.69, 9.17) is 34.0 Å². The van der Waals surface area contributed by atoms with Crippen LogP contribution in [0.5, 0.6) is 11.6 Å². The molecular formula is C20H12ClN3O4S. The van der Waals surface area contributed by atoms with Crippen LogP contribution in [0.25, 0.3) is 11.8 Å². The number of benzene rings is 2. The number of rotatable bonds is 2. The first-order valence-electron chi connectivity index (χ1n) is 8.33. The van der Waals surface area contributed by atoms with E-state index in [-0.39, 0.29) is 27.2 Å². The summed E-state index contributed by atoms with van der Waals surface area (Å²) in [4.78, 5) is 27.7. The summed E-state index contributed by atoms with van der Waals surface area (Å²) >= 11 is 11.1. The summed E-state index contributed by atoms with van der Waals surface area (Å²) < 4.78 is 6.57. The van der Waals surface area contributed by atoms with Crippen molar-refractivity contribution in [1.82, 2.24) is 9.55 Å². The number of aromatic nitrogens is 2. The average Bonchev–Trinajstić information content (AvgIpc) is 2.68. The quantitative estimate of drug-likeness (QED) is 0.426. The molecule has 0 bridgehead atoms. The van der Waals surface area contributed by atoms with Gasteiger partial charge in [0.15, 0.2) is 4.77 Å². The molecule has 0 aliphatic carbocycles. The lowest BCUT2D eigenvalue weighted by molar-refractivity contribution is 0.103. The van der Waals surface area contributed by atoms with Gasteiger partial charge in [-0.25, -0.2) is 0 Å². The van der Waals surface area contributed by atoms with E-state index in [9.17, 15) is 14.7 Å². The summed E-state index contributed by atoms with van der Waals surface area (Å²) in [6, 6.07) is 12.9. The summed E-state index contributed by atoms with van der Waals surface area (Å²) in [5, 5.41) is 19.3. The highest BCUT2D eigenvalue weighted by atomic mass is 35.5. The minimum absolute atomic E-state index is 0.0383. The normalized spacial score (nSPS) is 14.6. The fourth-order valence-electron chi connectivity index (χ4n) is 2.93. The maximum absolute atomic E-state index is 12.8. The summed E-state index contributed by atoms with van der Waals surface area (Å²) in [5.41, 5.74) is -0.380. The number of nitrogens with one attached hydrogen (secondary N) is 2. The van der Waals surface area contributed by atoms with Gasteiger partial charge in [-0.05, 0) is 54.7 Å². The number of hydrogen-bond acceptors (Lipinski definition) is 6. The Morgan fingerprint density at radius 3 is 2.55 bits per heavy atom. The Bertz CT molecular complexity index is 1320. The predicted octanol–water partition coefficient (Wildman–Crippen LogP) is 3.89. The van der Waals surface area contributed by atoms with E-state index in [1.807, 2.05) is 0 Å². The van der Waals surface area contributed by atoms with Crippen LogP contribution in [-0.4, -0.2) is 26.3 Å². The standard InChI is InChI=1S/C20H12ClN3O4S/c21-10-5-7-11(8-6-10)24-19(27)14(18(26)23-20(24)29)9-13-16(25)12-3-1-2-4-15(12)28-17(13)22/h1-9,22,27H,(H,23,26,29). The molecule has 0 atom stereocenters. The molecule has 0 saturated heterocycles. The monoisotopic (exact) mass is 425 g/mol. The molecule has 0 amide bonds. The third-order valence-electron chi connectivity index (χ3n) is 4.33. The zero-order valence-corrected chi connectivity index (χ0v) is 16.2. The van der Waals surface area contributed by atoms with Gasteiger partial charge in [0.1, 0.15) is 11.3 Å². The minimum atomic E-state index is -0.704. The van der Waals surface area contributed by atoms with E-state index in [1.165, 1.54) is 4.57 Å². The Kier molecular flexibility index (Phi) is 4.65. The number of ether oxygens (including phenoxy) is 1. The molecule has 4 rings (SSSR count). The molecule has 144 valence electrons. The highest BCUT2D eigenvalue weighted by Crippen LogP contribution is 2.30. The van der Waals surface area contributed by atoms with Crippen molar-refractivity contribution < 1.29 is 14.6 Å². The van der Waals surface area contributed by atoms with Crippen molar-refractivity contribution in [3.05, 3.63) is 85.4 Å². The SMILES string of the molecule is N=C1Oc2ccccc2C(=O)C1=Cc1c(O)n(-c2ccc(Cl)cc2)c(=S)[nH]c1=O. The number of Topliss-reactive ketones (excluding diaryl/α,β-unsaturated/α-hetero) is 1. The molecule has 3 aromatic rings. The van der Waals surface area contributed by atoms with Gasteiger partial charge in [-0.2, -0.15) is 0 Å². The van der Waals surface area contributed by atoms with Crippen LogP contribution < -0.4 is 10.3 Å². The number of nitrogens with zero attached hydrogens (tertiary/aromatic N) is 1. The first kappa shape index (κ1) is 18.9. The lowest BCUT2D eigenvalue weighted by Gasteiger charge is -2.19. The van der Waals surface area contributed by atoms with Gasteiger partial charge in [-0.3, -0.25) is 24.5 Å². The fraction of sp³-hybridized carbons (Fsp3) is 0. The molecule has 0 spiro atoms. The summed E-state index contributed by atoms with van der Waals surface area (Å²) in [6.45, 7) is 0. The van der Waals surface area contributed by atoms with Crippen LogP contribution in [0.4, 0.5) is 0 Å². The second-order valence-corrected chi connectivity index (χ2v) is 6.95. The van der Waals surface area contributed by atoms with E-state index in [1.54, 1.807) is 48.5 Å². The van der Waals surface area contributed by atoms with Gasteiger partial charge in [-0.1, -0.05) is 23.7 Å². The van der Waals surface area contributed by atoms with E-state index in [0.29, 0.717) is 10.7 Å². The van der Waals surface area contributed by atoms with Crippen molar-refractivity contribution >= 4 is 41.6 Å². The Hall–Kier alpha value is -3.49. The fourth-order valence-corrected chi connectivity index (χ4v) is 3.34. The molecule has 7 nitrogen and oxygen atoms in total. The molecule has 1 aliphatic heterocycles. The van der Waals surface area contributed by atoms with Crippen LogP contribution >= 0.6 is 23.8 Å². The maximum atomic E-state index is 12.8. The molecule has 3 N–H and O–H groups in total. The lowest BCUT2D eigenvalue weighted by atomic mass is 9.98. The molecule has 0 unspecified atom stereocenters. The van der Waals surface area contributed by atoms with Crippen molar-refractivity contribution in [3.63, 3.8) is 0 Å². The number of H-pyrrole nitrogens is 1. The van der Waals surface area contributed by atoms with Crippen LogP contribution in [0.15, 0.2) is 58.9 Å². The van der Waals surface area contributed by atoms with Crippen molar-refractivity contribution in [1.29, 1.82) is 5.41 Å². The number of carbonyl (C=O) groups is 1. The largest absolute Gasteiger partial charge is 0.494 e. The van der Waals surface area contributed by atoms with Gasteiger partial charge < -0.3 is 9.84 Å². The molecule has 2 aromatic carbocycles. The van der Waals surface area contributed by atoms with E-state index in [2.05, 4.69) is 4.98 Å². The summed E-state index contributed by atoms with van der Waals surface area (Å²) in [7, 11) is 0. The molecule has 0 fully saturated rings. The van der Waals surface area contributed by atoms with Crippen LogP contribution in [0, 0.1) is 10.2 Å². The molecule has 0 saturated carbocycles. The van der Waals surface area contributed by atoms with Crippen LogP contribution in [0.1, 0.15) is 15.9 Å². The Labute approximate surface area is 174 Å². The Balaban J connectivity index is 1.90. The molecule has 2 heterocycles. The number of para-hydroxylation sites is 1. The van der Waals surface area contributed by atoms with Crippen molar-refractivity contribution in [2.45, 2.75) is 0 Å². The molecular weight excluding hydrogens is 414 g/mol. The average molecular weight is 426 g/mol. The van der Waals surface area contributed by atoms with Gasteiger partial charge in [0.2, 0.25) is 17.6 Å². The van der Waals surface area contributed by atoms with Crippen molar-refractivity contribution in [3.8, 4) is 17.3 Å². The van der Waals surface area contributed by atoms with Crippen LogP contribution in [0.3, 0.4) is 0 Å². The first-order chi connectivity index (χ1) is 13.9. The zero-order valence-electron chi connectivity index (χ0n) is 14.6. The van der Waals surface area contributed by atoms with Gasteiger partial charge in [0.05, 0.1) is 16.8 Å². The highest BCUT2D eigenvalue weighted by Gasteiger charge is 2.29.